The summed E-state index contributed by atoms with van der Waals surface area (Å²) in [4.78, 5) is 33.4. The van der Waals surface area contributed by atoms with Crippen molar-refractivity contribution in [3.05, 3.63) is 51.4 Å². The number of carbonyl (C=O) groups is 1. The number of amides is 1. The van der Waals surface area contributed by atoms with E-state index in [1.165, 1.54) is 39.8 Å². The summed E-state index contributed by atoms with van der Waals surface area (Å²) >= 11 is 1.47. The van der Waals surface area contributed by atoms with E-state index in [0.29, 0.717) is 5.39 Å². The van der Waals surface area contributed by atoms with E-state index >= 15 is 0 Å². The highest BCUT2D eigenvalue weighted by Gasteiger charge is 2.26. The molecule has 3 heterocycles. The van der Waals surface area contributed by atoms with E-state index in [2.05, 4.69) is 37.9 Å². The van der Waals surface area contributed by atoms with E-state index in [1.807, 2.05) is 16.3 Å². The summed E-state index contributed by atoms with van der Waals surface area (Å²) in [5.41, 5.74) is 4.20. The Morgan fingerprint density at radius 1 is 1.24 bits per heavy atom. The van der Waals surface area contributed by atoms with Gasteiger partial charge in [0.1, 0.15) is 11.4 Å². The average Bonchev–Trinajstić information content (AvgIpc) is 3.17. The minimum Gasteiger partial charge on any atom is -0.338 e. The molecule has 1 atom stereocenters. The van der Waals surface area contributed by atoms with E-state index in [-0.39, 0.29) is 24.1 Å². The van der Waals surface area contributed by atoms with Gasteiger partial charge in [-0.3, -0.25) is 14.2 Å². The molecule has 0 N–H and O–H groups in total. The van der Waals surface area contributed by atoms with Gasteiger partial charge in [-0.1, -0.05) is 25.1 Å². The lowest BCUT2D eigenvalue weighted by atomic mass is 10.00. The van der Waals surface area contributed by atoms with E-state index in [1.54, 1.807) is 0 Å². The quantitative estimate of drug-likeness (QED) is 0.636. The molecule has 0 aliphatic carbocycles. The number of piperidine rings is 1. The summed E-state index contributed by atoms with van der Waals surface area (Å²) in [5, 5.41) is 2.60. The Kier molecular flexibility index (Phi) is 5.54. The van der Waals surface area contributed by atoms with Crippen LogP contribution in [0.2, 0.25) is 0 Å². The first-order valence-corrected chi connectivity index (χ1v) is 11.2. The van der Waals surface area contributed by atoms with Crippen molar-refractivity contribution in [1.29, 1.82) is 0 Å². The first-order valence-electron chi connectivity index (χ1n) is 10.3. The summed E-state index contributed by atoms with van der Waals surface area (Å²) in [7, 11) is 0. The van der Waals surface area contributed by atoms with E-state index < -0.39 is 0 Å². The van der Waals surface area contributed by atoms with Crippen molar-refractivity contribution in [2.45, 2.75) is 59.0 Å². The normalized spacial score (nSPS) is 17.1. The molecule has 1 aromatic carbocycles. The molecule has 2 aromatic heterocycles. The number of fused-ring (bicyclic) bond motifs is 1. The van der Waals surface area contributed by atoms with Crippen molar-refractivity contribution >= 4 is 27.5 Å². The lowest BCUT2D eigenvalue weighted by molar-refractivity contribution is -0.135. The number of carbonyl (C=O) groups excluding carboxylic acids is 1. The van der Waals surface area contributed by atoms with Crippen LogP contribution < -0.4 is 5.56 Å². The summed E-state index contributed by atoms with van der Waals surface area (Å²) in [5.74, 6) is 0.0164. The van der Waals surface area contributed by atoms with Crippen molar-refractivity contribution in [2.24, 2.45) is 0 Å². The molecular weight excluding hydrogens is 382 g/mol. The zero-order valence-electron chi connectivity index (χ0n) is 17.3. The molecule has 1 fully saturated rings. The predicted molar refractivity (Wildman–Crippen MR) is 118 cm³/mol. The Labute approximate surface area is 175 Å². The second-order valence-electron chi connectivity index (χ2n) is 7.95. The molecule has 0 unspecified atom stereocenters. The van der Waals surface area contributed by atoms with Gasteiger partial charge in [0, 0.05) is 23.5 Å². The van der Waals surface area contributed by atoms with Gasteiger partial charge in [0.05, 0.1) is 11.7 Å². The number of hydrogen-bond acceptors (Lipinski definition) is 4. The largest absolute Gasteiger partial charge is 0.338 e. The smallest absolute Gasteiger partial charge is 0.263 e. The van der Waals surface area contributed by atoms with Crippen molar-refractivity contribution in [2.75, 3.05) is 6.54 Å². The highest BCUT2D eigenvalue weighted by Crippen LogP contribution is 2.31. The van der Waals surface area contributed by atoms with Crippen LogP contribution in [0.3, 0.4) is 0 Å². The molecule has 6 heteroatoms. The maximum absolute atomic E-state index is 13.3. The van der Waals surface area contributed by atoms with Crippen molar-refractivity contribution in [1.82, 2.24) is 14.5 Å². The van der Waals surface area contributed by atoms with Crippen molar-refractivity contribution < 1.29 is 4.79 Å². The molecule has 152 valence electrons. The molecule has 0 bridgehead atoms. The lowest BCUT2D eigenvalue weighted by Crippen LogP contribution is -2.45. The number of rotatable bonds is 4. The standard InChI is InChI=1S/C23H27N3O2S/c1-4-18-7-5-6-10-26(18)20(27)12-25-14-24-22-21(23(25)28)19(13-29-22)17-9-8-15(2)16(3)11-17/h8-9,11,13-14,18H,4-7,10,12H2,1-3H3/t18-/m1/s1. The van der Waals surface area contributed by atoms with Gasteiger partial charge in [-0.25, -0.2) is 4.98 Å². The number of hydrogen-bond donors (Lipinski definition) is 0. The number of likely N-dealkylation sites (tertiary alicyclic amines) is 1. The van der Waals surface area contributed by atoms with Gasteiger partial charge in [-0.2, -0.15) is 0 Å². The molecule has 0 saturated carbocycles. The van der Waals surface area contributed by atoms with Gasteiger partial charge >= 0.3 is 0 Å². The van der Waals surface area contributed by atoms with E-state index in [4.69, 9.17) is 0 Å². The highest BCUT2D eigenvalue weighted by atomic mass is 32.1. The first-order chi connectivity index (χ1) is 14.0. The number of benzene rings is 1. The van der Waals surface area contributed by atoms with Crippen LogP contribution in [-0.4, -0.2) is 32.9 Å². The maximum Gasteiger partial charge on any atom is 0.263 e. The number of thiophene rings is 1. The van der Waals surface area contributed by atoms with Crippen LogP contribution in [0.25, 0.3) is 21.3 Å². The Balaban J connectivity index is 1.69. The fourth-order valence-electron chi connectivity index (χ4n) is 4.19. The second-order valence-corrected chi connectivity index (χ2v) is 8.81. The molecule has 1 saturated heterocycles. The SMILES string of the molecule is CC[C@@H]1CCCCN1C(=O)Cn1cnc2scc(-c3ccc(C)c(C)c3)c2c1=O. The van der Waals surface area contributed by atoms with E-state index in [9.17, 15) is 9.59 Å². The van der Waals surface area contributed by atoms with Crippen LogP contribution in [0.5, 0.6) is 0 Å². The van der Waals surface area contributed by atoms with Gasteiger partial charge < -0.3 is 4.90 Å². The Hall–Kier alpha value is -2.47. The molecule has 4 rings (SSSR count). The van der Waals surface area contributed by atoms with Gasteiger partial charge in [0.15, 0.2) is 0 Å². The Bertz CT molecular complexity index is 1110. The number of aryl methyl sites for hydroxylation is 2. The van der Waals surface area contributed by atoms with Gasteiger partial charge in [-0.05, 0) is 56.2 Å². The molecule has 1 aliphatic heterocycles. The monoisotopic (exact) mass is 409 g/mol. The van der Waals surface area contributed by atoms with Crippen LogP contribution in [0, 0.1) is 13.8 Å². The van der Waals surface area contributed by atoms with Gasteiger partial charge in [0.25, 0.3) is 5.56 Å². The fourth-order valence-corrected chi connectivity index (χ4v) is 5.10. The minimum atomic E-state index is -0.136. The molecule has 29 heavy (non-hydrogen) atoms. The van der Waals surface area contributed by atoms with Gasteiger partial charge in [-0.15, -0.1) is 11.3 Å². The highest BCUT2D eigenvalue weighted by molar-refractivity contribution is 7.17. The van der Waals surface area contributed by atoms with Crippen LogP contribution in [0.1, 0.15) is 43.7 Å². The van der Waals surface area contributed by atoms with Crippen molar-refractivity contribution in [3.8, 4) is 11.1 Å². The third-order valence-corrected chi connectivity index (χ3v) is 6.99. The van der Waals surface area contributed by atoms with E-state index in [0.717, 1.165) is 41.8 Å². The van der Waals surface area contributed by atoms with Crippen LogP contribution in [0.15, 0.2) is 34.7 Å². The first kappa shape index (κ1) is 19.8. The molecule has 0 radical (unpaired) electrons. The van der Waals surface area contributed by atoms with Crippen LogP contribution in [-0.2, 0) is 11.3 Å². The molecule has 1 aliphatic rings. The summed E-state index contributed by atoms with van der Waals surface area (Å²) in [6, 6.07) is 6.52. The topological polar surface area (TPSA) is 55.2 Å². The number of nitrogens with zero attached hydrogens (tertiary/aromatic N) is 3. The third kappa shape index (κ3) is 3.73. The Morgan fingerprint density at radius 3 is 2.83 bits per heavy atom. The second kappa shape index (κ2) is 8.11. The van der Waals surface area contributed by atoms with Gasteiger partial charge in [0.2, 0.25) is 5.91 Å². The third-order valence-electron chi connectivity index (χ3n) is 6.10. The van der Waals surface area contributed by atoms with Crippen LogP contribution in [0.4, 0.5) is 0 Å². The maximum atomic E-state index is 13.3. The molecule has 0 spiro atoms. The molecule has 1 amide bonds. The molecular formula is C23H27N3O2S. The summed E-state index contributed by atoms with van der Waals surface area (Å²) < 4.78 is 1.48. The Morgan fingerprint density at radius 2 is 2.07 bits per heavy atom. The molecule has 3 aromatic rings. The van der Waals surface area contributed by atoms with Crippen LogP contribution >= 0.6 is 11.3 Å². The lowest BCUT2D eigenvalue weighted by Gasteiger charge is -2.35. The summed E-state index contributed by atoms with van der Waals surface area (Å²) in [6.07, 6.45) is 5.74. The zero-order valence-corrected chi connectivity index (χ0v) is 18.1. The zero-order chi connectivity index (χ0) is 20.5. The minimum absolute atomic E-state index is 0.0164. The fraction of sp³-hybridized carbons (Fsp3) is 0.435. The van der Waals surface area contributed by atoms with Crippen molar-refractivity contribution in [3.63, 3.8) is 0 Å². The predicted octanol–water partition coefficient (Wildman–Crippen LogP) is 4.53. The number of aromatic nitrogens is 2. The average molecular weight is 410 g/mol. The summed E-state index contributed by atoms with van der Waals surface area (Å²) in [6.45, 7) is 7.12. The molecule has 5 nitrogen and oxygen atoms in total.